The van der Waals surface area contributed by atoms with Crippen LogP contribution in [0.4, 0.5) is 16.2 Å². The summed E-state index contributed by atoms with van der Waals surface area (Å²) < 4.78 is 0. The average Bonchev–Trinajstić information content (AvgIpc) is 2.88. The van der Waals surface area contributed by atoms with Crippen molar-refractivity contribution in [2.75, 3.05) is 23.3 Å². The molecule has 142 valence electrons. The quantitative estimate of drug-likeness (QED) is 0.770. The summed E-state index contributed by atoms with van der Waals surface area (Å²) in [6.45, 7) is 1.45. The van der Waals surface area contributed by atoms with Gasteiger partial charge in [-0.05, 0) is 30.9 Å². The van der Waals surface area contributed by atoms with E-state index < -0.39 is 17.5 Å². The van der Waals surface area contributed by atoms with Gasteiger partial charge in [-0.15, -0.1) is 0 Å². The summed E-state index contributed by atoms with van der Waals surface area (Å²) in [4.78, 5) is 52.6. The largest absolute Gasteiger partial charge is 0.325 e. The molecule has 1 saturated carbocycles. The minimum Gasteiger partial charge on any atom is -0.323 e. The first-order chi connectivity index (χ1) is 12.9. The molecule has 2 aliphatic heterocycles. The van der Waals surface area contributed by atoms with Gasteiger partial charge in [-0.25, -0.2) is 4.79 Å². The Labute approximate surface area is 156 Å². The van der Waals surface area contributed by atoms with Crippen LogP contribution in [0.25, 0.3) is 0 Å². The molecule has 27 heavy (non-hydrogen) atoms. The highest BCUT2D eigenvalue weighted by molar-refractivity contribution is 6.14. The summed E-state index contributed by atoms with van der Waals surface area (Å²) >= 11 is 0. The second-order valence-corrected chi connectivity index (χ2v) is 7.48. The molecular weight excluding hydrogens is 348 g/mol. The number of nitrogens with one attached hydrogen (secondary N) is 2. The van der Waals surface area contributed by atoms with Crippen LogP contribution in [0.1, 0.15) is 32.6 Å². The monoisotopic (exact) mass is 370 g/mol. The number of rotatable bonds is 2. The first kappa shape index (κ1) is 17.5. The molecule has 2 fully saturated rings. The molecule has 2 atom stereocenters. The molecule has 1 spiro atoms. The van der Waals surface area contributed by atoms with Crippen LogP contribution in [0.2, 0.25) is 0 Å². The van der Waals surface area contributed by atoms with Crippen LogP contribution in [-0.2, 0) is 14.4 Å². The lowest BCUT2D eigenvalue weighted by Gasteiger charge is -2.37. The Morgan fingerprint density at radius 1 is 1.22 bits per heavy atom. The molecule has 0 bridgehead atoms. The van der Waals surface area contributed by atoms with Gasteiger partial charge in [0.2, 0.25) is 11.8 Å². The SMILES string of the molecule is C[C@H]1CCCC[C@@]12NC(=O)N(CC(=O)N1CC(=O)Nc3ccccc31)C2=O. The van der Waals surface area contributed by atoms with Gasteiger partial charge in [-0.2, -0.15) is 0 Å². The van der Waals surface area contributed by atoms with E-state index >= 15 is 0 Å². The number of urea groups is 1. The van der Waals surface area contributed by atoms with Gasteiger partial charge in [-0.1, -0.05) is 31.9 Å². The predicted molar refractivity (Wildman–Crippen MR) is 98.0 cm³/mol. The molecule has 8 nitrogen and oxygen atoms in total. The van der Waals surface area contributed by atoms with E-state index in [2.05, 4.69) is 10.6 Å². The Balaban J connectivity index is 1.56. The van der Waals surface area contributed by atoms with E-state index in [1.165, 1.54) is 4.90 Å². The zero-order valence-corrected chi connectivity index (χ0v) is 15.2. The molecule has 0 unspecified atom stereocenters. The molecule has 4 rings (SSSR count). The van der Waals surface area contributed by atoms with Crippen LogP contribution in [0.3, 0.4) is 0 Å². The molecule has 1 aromatic carbocycles. The van der Waals surface area contributed by atoms with Crippen molar-refractivity contribution in [1.82, 2.24) is 10.2 Å². The van der Waals surface area contributed by atoms with Crippen molar-refractivity contribution in [3.05, 3.63) is 24.3 Å². The van der Waals surface area contributed by atoms with Gasteiger partial charge in [0.25, 0.3) is 5.91 Å². The zero-order valence-electron chi connectivity index (χ0n) is 15.2. The fourth-order valence-electron chi connectivity index (χ4n) is 4.32. The van der Waals surface area contributed by atoms with Gasteiger partial charge in [0.1, 0.15) is 18.6 Å². The third-order valence-electron chi connectivity index (χ3n) is 5.87. The molecule has 8 heteroatoms. The van der Waals surface area contributed by atoms with Crippen molar-refractivity contribution in [3.8, 4) is 0 Å². The van der Waals surface area contributed by atoms with E-state index in [4.69, 9.17) is 0 Å². The van der Waals surface area contributed by atoms with E-state index in [9.17, 15) is 19.2 Å². The number of amides is 5. The minimum absolute atomic E-state index is 0.0318. The number of hydrogen-bond donors (Lipinski definition) is 2. The molecular formula is C19H22N4O4. The molecule has 5 amide bonds. The molecule has 1 aliphatic carbocycles. The maximum Gasteiger partial charge on any atom is 0.325 e. The summed E-state index contributed by atoms with van der Waals surface area (Å²) in [6, 6.07) is 6.43. The lowest BCUT2D eigenvalue weighted by Crippen LogP contribution is -2.54. The third-order valence-corrected chi connectivity index (χ3v) is 5.87. The lowest BCUT2D eigenvalue weighted by molar-refractivity contribution is -0.136. The number of fused-ring (bicyclic) bond motifs is 1. The van der Waals surface area contributed by atoms with E-state index in [0.29, 0.717) is 17.8 Å². The molecule has 0 aromatic heterocycles. The summed E-state index contributed by atoms with van der Waals surface area (Å²) in [5.41, 5.74) is 0.207. The Hall–Kier alpha value is -2.90. The van der Waals surface area contributed by atoms with Crippen LogP contribution in [0.5, 0.6) is 0 Å². The summed E-state index contributed by atoms with van der Waals surface area (Å²) in [7, 11) is 0. The lowest BCUT2D eigenvalue weighted by atomic mass is 9.73. The zero-order chi connectivity index (χ0) is 19.2. The first-order valence-electron chi connectivity index (χ1n) is 9.26. The smallest absolute Gasteiger partial charge is 0.323 e. The average molecular weight is 370 g/mol. The van der Waals surface area contributed by atoms with Crippen molar-refractivity contribution < 1.29 is 19.2 Å². The maximum atomic E-state index is 13.0. The number of hydrogen-bond acceptors (Lipinski definition) is 4. The summed E-state index contributed by atoms with van der Waals surface area (Å²) in [5.74, 6) is -1.06. The Kier molecular flexibility index (Phi) is 4.13. The third kappa shape index (κ3) is 2.75. The highest BCUT2D eigenvalue weighted by Gasteiger charge is 2.55. The van der Waals surface area contributed by atoms with Crippen LogP contribution in [-0.4, -0.2) is 47.3 Å². The highest BCUT2D eigenvalue weighted by atomic mass is 16.2. The fourth-order valence-corrected chi connectivity index (χ4v) is 4.32. The molecule has 1 aromatic rings. The topological polar surface area (TPSA) is 98.8 Å². The minimum atomic E-state index is -0.896. The van der Waals surface area contributed by atoms with E-state index in [1.807, 2.05) is 6.92 Å². The molecule has 3 aliphatic rings. The normalized spacial score (nSPS) is 27.4. The van der Waals surface area contributed by atoms with Gasteiger partial charge >= 0.3 is 6.03 Å². The molecule has 1 saturated heterocycles. The van der Waals surface area contributed by atoms with Gasteiger partial charge in [0.05, 0.1) is 11.4 Å². The standard InChI is InChI=1S/C19H22N4O4/c1-12-6-4-5-9-19(12)17(26)23(18(27)21-19)11-16(25)22-10-15(24)20-13-7-2-3-8-14(13)22/h2-3,7-8,12H,4-6,9-11H2,1H3,(H,20,24)(H,21,27)/t12-,19+/m0/s1. The van der Waals surface area contributed by atoms with Crippen molar-refractivity contribution in [3.63, 3.8) is 0 Å². The van der Waals surface area contributed by atoms with E-state index in [1.54, 1.807) is 24.3 Å². The Morgan fingerprint density at radius 3 is 2.78 bits per heavy atom. The fraction of sp³-hybridized carbons (Fsp3) is 0.474. The van der Waals surface area contributed by atoms with Crippen LogP contribution < -0.4 is 15.5 Å². The van der Waals surface area contributed by atoms with Gasteiger partial charge < -0.3 is 10.6 Å². The number of carbonyl (C=O) groups is 4. The van der Waals surface area contributed by atoms with Gasteiger partial charge in [0.15, 0.2) is 0 Å². The Bertz CT molecular complexity index is 839. The van der Waals surface area contributed by atoms with Crippen LogP contribution >= 0.6 is 0 Å². The van der Waals surface area contributed by atoms with Crippen molar-refractivity contribution >= 4 is 35.1 Å². The van der Waals surface area contributed by atoms with Crippen molar-refractivity contribution in [2.45, 2.75) is 38.1 Å². The highest BCUT2D eigenvalue weighted by Crippen LogP contribution is 2.38. The number of para-hydroxylation sites is 2. The van der Waals surface area contributed by atoms with Crippen molar-refractivity contribution in [2.24, 2.45) is 5.92 Å². The number of benzene rings is 1. The van der Waals surface area contributed by atoms with Crippen LogP contribution in [0, 0.1) is 5.92 Å². The van der Waals surface area contributed by atoms with Crippen LogP contribution in [0.15, 0.2) is 24.3 Å². The van der Waals surface area contributed by atoms with Gasteiger partial charge in [0, 0.05) is 0 Å². The van der Waals surface area contributed by atoms with E-state index in [0.717, 1.165) is 24.2 Å². The maximum absolute atomic E-state index is 13.0. The molecule has 2 heterocycles. The van der Waals surface area contributed by atoms with Gasteiger partial charge in [-0.3, -0.25) is 24.2 Å². The second kappa shape index (κ2) is 6.37. The predicted octanol–water partition coefficient (Wildman–Crippen LogP) is 1.47. The second-order valence-electron chi connectivity index (χ2n) is 7.48. The summed E-state index contributed by atoms with van der Waals surface area (Å²) in [6.07, 6.45) is 3.37. The Morgan fingerprint density at radius 2 is 2.00 bits per heavy atom. The van der Waals surface area contributed by atoms with Crippen molar-refractivity contribution in [1.29, 1.82) is 0 Å². The number of nitrogens with zero attached hydrogens (tertiary/aromatic N) is 2. The first-order valence-corrected chi connectivity index (χ1v) is 9.26. The number of anilines is 2. The number of carbonyl (C=O) groups excluding carboxylic acids is 4. The molecule has 0 radical (unpaired) electrons. The molecule has 2 N–H and O–H groups in total. The summed E-state index contributed by atoms with van der Waals surface area (Å²) in [5, 5.41) is 5.56. The van der Waals surface area contributed by atoms with E-state index in [-0.39, 0.29) is 30.8 Å². The number of imide groups is 1.